The van der Waals surface area contributed by atoms with Crippen molar-refractivity contribution < 1.29 is 0 Å². The van der Waals surface area contributed by atoms with Crippen LogP contribution in [0.1, 0.15) is 39.3 Å². The van der Waals surface area contributed by atoms with Crippen LogP contribution in [0.5, 0.6) is 0 Å². The van der Waals surface area contributed by atoms with Crippen LogP contribution in [-0.4, -0.2) is 11.0 Å². The molecule has 1 rings (SSSR count). The Morgan fingerprint density at radius 2 is 2.13 bits per heavy atom. The fraction of sp³-hybridized carbons (Fsp3) is 0.615. The van der Waals surface area contributed by atoms with Crippen LogP contribution in [0.3, 0.4) is 0 Å². The number of pyridine rings is 1. The van der Waals surface area contributed by atoms with E-state index in [-0.39, 0.29) is 0 Å². The Labute approximate surface area is 93.1 Å². The van der Waals surface area contributed by atoms with Gasteiger partial charge in [0.25, 0.3) is 0 Å². The second-order valence-electron chi connectivity index (χ2n) is 4.35. The molecule has 0 aliphatic heterocycles. The van der Waals surface area contributed by atoms with Gasteiger partial charge in [-0.15, -0.1) is 0 Å². The fourth-order valence-corrected chi connectivity index (χ4v) is 1.64. The highest BCUT2D eigenvalue weighted by Crippen LogP contribution is 2.09. The molecule has 84 valence electrons. The minimum Gasteiger partial charge on any atom is -0.309 e. The topological polar surface area (TPSA) is 24.9 Å². The molecular formula is C13H22N2. The molecular weight excluding hydrogens is 184 g/mol. The number of nitrogens with zero attached hydrogens (tertiary/aromatic N) is 1. The van der Waals surface area contributed by atoms with E-state index < -0.39 is 0 Å². The fourth-order valence-electron chi connectivity index (χ4n) is 1.64. The predicted octanol–water partition coefficient (Wildman–Crippen LogP) is 3.00. The van der Waals surface area contributed by atoms with Crippen molar-refractivity contribution in [3.8, 4) is 0 Å². The largest absolute Gasteiger partial charge is 0.309 e. The molecule has 2 nitrogen and oxygen atoms in total. The summed E-state index contributed by atoms with van der Waals surface area (Å²) in [6.07, 6.45) is 4.34. The van der Waals surface area contributed by atoms with Crippen molar-refractivity contribution in [2.24, 2.45) is 5.92 Å². The third kappa shape index (κ3) is 4.93. The van der Waals surface area contributed by atoms with Gasteiger partial charge in [0.05, 0.1) is 5.69 Å². The number of hydrogen-bond donors (Lipinski definition) is 1. The van der Waals surface area contributed by atoms with Gasteiger partial charge in [-0.1, -0.05) is 26.3 Å². The summed E-state index contributed by atoms with van der Waals surface area (Å²) in [4.78, 5) is 4.29. The molecule has 2 atom stereocenters. The average Bonchev–Trinajstić information content (AvgIpc) is 2.27. The monoisotopic (exact) mass is 206 g/mol. The van der Waals surface area contributed by atoms with E-state index in [1.54, 1.807) is 0 Å². The quantitative estimate of drug-likeness (QED) is 0.774. The second kappa shape index (κ2) is 6.57. The summed E-state index contributed by atoms with van der Waals surface area (Å²) in [5.74, 6) is 0.802. The lowest BCUT2D eigenvalue weighted by molar-refractivity contribution is 0.410. The van der Waals surface area contributed by atoms with Gasteiger partial charge in [-0.05, 0) is 31.4 Å². The van der Waals surface area contributed by atoms with Gasteiger partial charge < -0.3 is 5.32 Å². The summed E-state index contributed by atoms with van der Waals surface area (Å²) in [5.41, 5.74) is 1.12. The maximum Gasteiger partial charge on any atom is 0.0541 e. The van der Waals surface area contributed by atoms with Gasteiger partial charge in [0.1, 0.15) is 0 Å². The summed E-state index contributed by atoms with van der Waals surface area (Å²) < 4.78 is 0. The van der Waals surface area contributed by atoms with Gasteiger partial charge in [0.2, 0.25) is 0 Å². The van der Waals surface area contributed by atoms with E-state index in [4.69, 9.17) is 0 Å². The summed E-state index contributed by atoms with van der Waals surface area (Å²) in [6, 6.07) is 6.61. The lowest BCUT2D eigenvalue weighted by Gasteiger charge is -2.17. The number of rotatable bonds is 6. The van der Waals surface area contributed by atoms with Crippen molar-refractivity contribution in [2.45, 2.75) is 46.2 Å². The van der Waals surface area contributed by atoms with Crippen molar-refractivity contribution in [1.29, 1.82) is 0 Å². The second-order valence-corrected chi connectivity index (χ2v) is 4.35. The van der Waals surface area contributed by atoms with Crippen molar-refractivity contribution in [2.75, 3.05) is 0 Å². The average molecular weight is 206 g/mol. The maximum atomic E-state index is 4.29. The maximum absolute atomic E-state index is 4.29. The molecule has 0 spiro atoms. The Morgan fingerprint density at radius 3 is 2.73 bits per heavy atom. The van der Waals surface area contributed by atoms with E-state index in [0.717, 1.165) is 18.2 Å². The van der Waals surface area contributed by atoms with E-state index >= 15 is 0 Å². The molecule has 0 amide bonds. The molecule has 0 fully saturated rings. The van der Waals surface area contributed by atoms with Crippen molar-refractivity contribution in [3.63, 3.8) is 0 Å². The highest BCUT2D eigenvalue weighted by molar-refractivity contribution is 5.03. The lowest BCUT2D eigenvalue weighted by Crippen LogP contribution is -2.27. The molecule has 15 heavy (non-hydrogen) atoms. The normalized spacial score (nSPS) is 14.9. The van der Waals surface area contributed by atoms with E-state index in [0.29, 0.717) is 6.04 Å². The zero-order chi connectivity index (χ0) is 11.1. The molecule has 1 heterocycles. The first kappa shape index (κ1) is 12.2. The Hall–Kier alpha value is -0.890. The predicted molar refractivity (Wildman–Crippen MR) is 64.6 cm³/mol. The summed E-state index contributed by atoms with van der Waals surface area (Å²) in [7, 11) is 0. The molecule has 0 aliphatic carbocycles. The highest BCUT2D eigenvalue weighted by Gasteiger charge is 2.06. The zero-order valence-electron chi connectivity index (χ0n) is 10.0. The molecule has 0 radical (unpaired) electrons. The van der Waals surface area contributed by atoms with Crippen molar-refractivity contribution >= 4 is 0 Å². The van der Waals surface area contributed by atoms with Gasteiger partial charge >= 0.3 is 0 Å². The van der Waals surface area contributed by atoms with Crippen molar-refractivity contribution in [3.05, 3.63) is 30.1 Å². The SMILES string of the molecule is CCC(C)CC(C)NCc1ccccn1. The molecule has 1 N–H and O–H groups in total. The van der Waals surface area contributed by atoms with E-state index in [1.165, 1.54) is 12.8 Å². The summed E-state index contributed by atoms with van der Waals surface area (Å²) in [5, 5.41) is 3.50. The number of hydrogen-bond acceptors (Lipinski definition) is 2. The van der Waals surface area contributed by atoms with Gasteiger partial charge in [-0.25, -0.2) is 0 Å². The Morgan fingerprint density at radius 1 is 1.33 bits per heavy atom. The van der Waals surface area contributed by atoms with Crippen LogP contribution in [-0.2, 0) is 6.54 Å². The standard InChI is InChI=1S/C13H22N2/c1-4-11(2)9-12(3)15-10-13-7-5-6-8-14-13/h5-8,11-12,15H,4,9-10H2,1-3H3. The Balaban J connectivity index is 2.25. The third-order valence-corrected chi connectivity index (χ3v) is 2.81. The van der Waals surface area contributed by atoms with Gasteiger partial charge in [-0.2, -0.15) is 0 Å². The van der Waals surface area contributed by atoms with E-state index in [2.05, 4.69) is 37.1 Å². The van der Waals surface area contributed by atoms with Crippen LogP contribution in [0.4, 0.5) is 0 Å². The van der Waals surface area contributed by atoms with Crippen LogP contribution >= 0.6 is 0 Å². The first-order chi connectivity index (χ1) is 7.22. The van der Waals surface area contributed by atoms with Gasteiger partial charge in [0, 0.05) is 18.8 Å². The van der Waals surface area contributed by atoms with Crippen LogP contribution < -0.4 is 5.32 Å². The van der Waals surface area contributed by atoms with Crippen LogP contribution in [0.15, 0.2) is 24.4 Å². The smallest absolute Gasteiger partial charge is 0.0541 e. The van der Waals surface area contributed by atoms with Crippen LogP contribution in [0.2, 0.25) is 0 Å². The lowest BCUT2D eigenvalue weighted by atomic mass is 10.0. The highest BCUT2D eigenvalue weighted by atomic mass is 14.9. The summed E-state index contributed by atoms with van der Waals surface area (Å²) in [6.45, 7) is 7.67. The summed E-state index contributed by atoms with van der Waals surface area (Å²) >= 11 is 0. The molecule has 1 aromatic heterocycles. The number of nitrogens with one attached hydrogen (secondary N) is 1. The minimum absolute atomic E-state index is 0.571. The Kier molecular flexibility index (Phi) is 5.33. The van der Waals surface area contributed by atoms with E-state index in [1.807, 2.05) is 18.3 Å². The molecule has 0 saturated heterocycles. The minimum atomic E-state index is 0.571. The molecule has 0 aliphatic rings. The van der Waals surface area contributed by atoms with Gasteiger partial charge in [-0.3, -0.25) is 4.98 Å². The molecule has 0 bridgehead atoms. The van der Waals surface area contributed by atoms with Crippen molar-refractivity contribution in [1.82, 2.24) is 10.3 Å². The first-order valence-corrected chi connectivity index (χ1v) is 5.85. The third-order valence-electron chi connectivity index (χ3n) is 2.81. The first-order valence-electron chi connectivity index (χ1n) is 5.85. The molecule has 0 saturated carbocycles. The molecule has 2 heteroatoms. The number of aromatic nitrogens is 1. The van der Waals surface area contributed by atoms with E-state index in [9.17, 15) is 0 Å². The molecule has 1 aromatic rings. The Bertz CT molecular complexity index is 258. The van der Waals surface area contributed by atoms with Crippen LogP contribution in [0.25, 0.3) is 0 Å². The van der Waals surface area contributed by atoms with Gasteiger partial charge in [0.15, 0.2) is 0 Å². The molecule has 0 aromatic carbocycles. The molecule has 2 unspecified atom stereocenters. The zero-order valence-corrected chi connectivity index (χ0v) is 10.0. The van der Waals surface area contributed by atoms with Crippen LogP contribution in [0, 0.1) is 5.92 Å².